The Balaban J connectivity index is 1.68. The van der Waals surface area contributed by atoms with Crippen LogP contribution in [0.4, 0.5) is 5.69 Å². The Kier molecular flexibility index (Phi) is 5.17. The molecule has 1 aliphatic rings. The van der Waals surface area contributed by atoms with Crippen molar-refractivity contribution in [2.45, 2.75) is 46.3 Å². The van der Waals surface area contributed by atoms with E-state index in [9.17, 15) is 9.59 Å². The maximum absolute atomic E-state index is 12.9. The lowest BCUT2D eigenvalue weighted by molar-refractivity contribution is -0.149. The normalized spacial score (nSPS) is 17.2. The molecule has 1 aromatic heterocycles. The summed E-state index contributed by atoms with van der Waals surface area (Å²) in [7, 11) is 1.85. The first-order valence-electron chi connectivity index (χ1n) is 9.09. The molecule has 0 saturated carbocycles. The van der Waals surface area contributed by atoms with Crippen LogP contribution in [0.5, 0.6) is 0 Å². The van der Waals surface area contributed by atoms with Crippen molar-refractivity contribution >= 4 is 23.6 Å². The number of carbonyl (C=O) groups is 2. The number of anilines is 1. The van der Waals surface area contributed by atoms with Crippen molar-refractivity contribution in [1.29, 1.82) is 0 Å². The van der Waals surface area contributed by atoms with E-state index in [-0.39, 0.29) is 11.9 Å². The Morgan fingerprint density at radius 2 is 2.00 bits per heavy atom. The number of rotatable bonds is 4. The highest BCUT2D eigenvalue weighted by Gasteiger charge is 2.34. The highest BCUT2D eigenvalue weighted by molar-refractivity contribution is 6.00. The third-order valence-electron chi connectivity index (χ3n) is 5.04. The molecule has 1 aromatic carbocycles. The van der Waals surface area contributed by atoms with Crippen LogP contribution < -0.4 is 4.90 Å². The highest BCUT2D eigenvalue weighted by Crippen LogP contribution is 2.32. The van der Waals surface area contributed by atoms with Gasteiger partial charge in [0.25, 0.3) is 5.91 Å². The van der Waals surface area contributed by atoms with Crippen LogP contribution in [0.3, 0.4) is 0 Å². The van der Waals surface area contributed by atoms with Gasteiger partial charge >= 0.3 is 5.97 Å². The Bertz CT molecular complexity index is 913. The zero-order valence-corrected chi connectivity index (χ0v) is 16.4. The van der Waals surface area contributed by atoms with E-state index in [2.05, 4.69) is 5.10 Å². The molecule has 2 heterocycles. The summed E-state index contributed by atoms with van der Waals surface area (Å²) in [5.74, 6) is -0.749. The zero-order valence-electron chi connectivity index (χ0n) is 16.4. The molecule has 6 nitrogen and oxygen atoms in total. The van der Waals surface area contributed by atoms with Crippen LogP contribution in [0.2, 0.25) is 0 Å². The van der Waals surface area contributed by atoms with Crippen LogP contribution in [0, 0.1) is 13.8 Å². The van der Waals surface area contributed by atoms with Gasteiger partial charge in [-0.25, -0.2) is 4.79 Å². The van der Waals surface area contributed by atoms with Gasteiger partial charge in [-0.1, -0.05) is 18.2 Å². The average molecular weight is 367 g/mol. The van der Waals surface area contributed by atoms with Gasteiger partial charge in [0.15, 0.2) is 6.10 Å². The summed E-state index contributed by atoms with van der Waals surface area (Å²) in [5.41, 5.74) is 4.72. The number of amides is 1. The van der Waals surface area contributed by atoms with E-state index < -0.39 is 12.1 Å². The van der Waals surface area contributed by atoms with Gasteiger partial charge < -0.3 is 9.64 Å². The first kappa shape index (κ1) is 18.9. The molecule has 0 unspecified atom stereocenters. The fraction of sp³-hybridized carbons (Fsp3) is 0.381. The summed E-state index contributed by atoms with van der Waals surface area (Å²) in [6.45, 7) is 7.43. The lowest BCUT2D eigenvalue weighted by Gasteiger charge is -2.25. The van der Waals surface area contributed by atoms with Gasteiger partial charge in [-0.05, 0) is 51.8 Å². The van der Waals surface area contributed by atoms with Gasteiger partial charge in [0.2, 0.25) is 0 Å². The van der Waals surface area contributed by atoms with E-state index in [4.69, 9.17) is 4.74 Å². The summed E-state index contributed by atoms with van der Waals surface area (Å²) in [4.78, 5) is 26.8. The number of aromatic nitrogens is 2. The molecule has 0 aliphatic carbocycles. The lowest BCUT2D eigenvalue weighted by Crippen LogP contribution is -2.43. The second-order valence-electron chi connectivity index (χ2n) is 7.01. The van der Waals surface area contributed by atoms with Crippen molar-refractivity contribution in [2.75, 3.05) is 4.90 Å². The number of nitrogens with zero attached hydrogens (tertiary/aromatic N) is 3. The van der Waals surface area contributed by atoms with Crippen molar-refractivity contribution in [1.82, 2.24) is 9.78 Å². The monoisotopic (exact) mass is 367 g/mol. The van der Waals surface area contributed by atoms with Crippen LogP contribution in [0.15, 0.2) is 30.3 Å². The largest absolute Gasteiger partial charge is 0.449 e. The summed E-state index contributed by atoms with van der Waals surface area (Å²) >= 11 is 0. The Morgan fingerprint density at radius 3 is 2.67 bits per heavy atom. The molecule has 3 rings (SSSR count). The standard InChI is InChI=1S/C21H25N3O3/c1-13-12-17-8-6-7-9-19(17)24(13)21(26)16(4)27-20(25)11-10-18-14(2)22-23(5)15(18)3/h6-11,13,16H,12H2,1-5H3/b11-10+/t13-,16-/m0/s1. The van der Waals surface area contributed by atoms with E-state index in [1.807, 2.05) is 52.1 Å². The van der Waals surface area contributed by atoms with Crippen LogP contribution >= 0.6 is 0 Å². The van der Waals surface area contributed by atoms with Gasteiger partial charge in [0.05, 0.1) is 5.69 Å². The highest BCUT2D eigenvalue weighted by atomic mass is 16.5. The molecular formula is C21H25N3O3. The third kappa shape index (κ3) is 3.65. The van der Waals surface area contributed by atoms with E-state index in [1.54, 1.807) is 22.6 Å². The summed E-state index contributed by atoms with van der Waals surface area (Å²) in [6.07, 6.45) is 2.99. The second-order valence-corrected chi connectivity index (χ2v) is 7.01. The summed E-state index contributed by atoms with van der Waals surface area (Å²) < 4.78 is 7.11. The lowest BCUT2D eigenvalue weighted by atomic mass is 10.1. The number of benzene rings is 1. The topological polar surface area (TPSA) is 64.4 Å². The minimum absolute atomic E-state index is 0.0484. The Morgan fingerprint density at radius 1 is 1.30 bits per heavy atom. The van der Waals surface area contributed by atoms with Crippen molar-refractivity contribution in [3.8, 4) is 0 Å². The van der Waals surface area contributed by atoms with Gasteiger partial charge in [-0.3, -0.25) is 9.48 Å². The molecule has 142 valence electrons. The molecule has 2 atom stereocenters. The fourth-order valence-electron chi connectivity index (χ4n) is 3.54. The quantitative estimate of drug-likeness (QED) is 0.616. The van der Waals surface area contributed by atoms with E-state index in [1.165, 1.54) is 6.08 Å². The summed E-state index contributed by atoms with van der Waals surface area (Å²) in [5, 5.41) is 4.31. The van der Waals surface area contributed by atoms with Crippen molar-refractivity contribution in [3.05, 3.63) is 52.9 Å². The number of para-hydroxylation sites is 1. The van der Waals surface area contributed by atoms with Crippen LogP contribution in [-0.4, -0.2) is 33.8 Å². The number of hydrogen-bond donors (Lipinski definition) is 0. The Hall–Kier alpha value is -2.89. The van der Waals surface area contributed by atoms with E-state index >= 15 is 0 Å². The predicted molar refractivity (Wildman–Crippen MR) is 104 cm³/mol. The molecule has 6 heteroatoms. The van der Waals surface area contributed by atoms with Gasteiger partial charge in [-0.2, -0.15) is 5.10 Å². The number of hydrogen-bond acceptors (Lipinski definition) is 4. The molecule has 1 amide bonds. The molecule has 1 aliphatic heterocycles. The minimum atomic E-state index is -0.855. The predicted octanol–water partition coefficient (Wildman–Crippen LogP) is 2.96. The van der Waals surface area contributed by atoms with Crippen LogP contribution in [-0.2, 0) is 27.8 Å². The van der Waals surface area contributed by atoms with Crippen molar-refractivity contribution in [3.63, 3.8) is 0 Å². The molecule has 0 saturated heterocycles. The van der Waals surface area contributed by atoms with Crippen molar-refractivity contribution in [2.24, 2.45) is 7.05 Å². The number of fused-ring (bicyclic) bond motifs is 1. The zero-order chi connectivity index (χ0) is 19.7. The van der Waals surface area contributed by atoms with Crippen molar-refractivity contribution < 1.29 is 14.3 Å². The number of esters is 1. The molecule has 0 spiro atoms. The van der Waals surface area contributed by atoms with Gasteiger partial charge in [0.1, 0.15) is 0 Å². The molecule has 0 fully saturated rings. The minimum Gasteiger partial charge on any atom is -0.449 e. The maximum atomic E-state index is 12.9. The number of aryl methyl sites for hydroxylation is 2. The SMILES string of the molecule is Cc1nn(C)c(C)c1/C=C/C(=O)O[C@@H](C)C(=O)N1c2ccccc2C[C@@H]1C. The molecule has 0 radical (unpaired) electrons. The molecule has 27 heavy (non-hydrogen) atoms. The molecule has 0 N–H and O–H groups in total. The summed E-state index contributed by atoms with van der Waals surface area (Å²) in [6, 6.07) is 7.88. The number of carbonyl (C=O) groups excluding carboxylic acids is 2. The molecular weight excluding hydrogens is 342 g/mol. The third-order valence-corrected chi connectivity index (χ3v) is 5.04. The average Bonchev–Trinajstić information content (AvgIpc) is 3.07. The first-order valence-corrected chi connectivity index (χ1v) is 9.09. The van der Waals surface area contributed by atoms with Crippen LogP contribution in [0.25, 0.3) is 6.08 Å². The molecule has 0 bridgehead atoms. The van der Waals surface area contributed by atoms with Gasteiger partial charge in [-0.15, -0.1) is 0 Å². The number of ether oxygens (including phenoxy) is 1. The smallest absolute Gasteiger partial charge is 0.331 e. The van der Waals surface area contributed by atoms with E-state index in [0.29, 0.717) is 0 Å². The maximum Gasteiger partial charge on any atom is 0.331 e. The first-order chi connectivity index (χ1) is 12.8. The Labute approximate surface area is 159 Å². The van der Waals surface area contributed by atoms with Crippen LogP contribution in [0.1, 0.15) is 36.4 Å². The van der Waals surface area contributed by atoms with Gasteiger partial charge in [0, 0.05) is 36.1 Å². The second kappa shape index (κ2) is 7.39. The van der Waals surface area contributed by atoms with E-state index in [0.717, 1.165) is 34.6 Å². The fourth-order valence-corrected chi connectivity index (χ4v) is 3.54. The molecule has 2 aromatic rings.